The fraction of sp³-hybridized carbons (Fsp3) is 0.455. The van der Waals surface area contributed by atoms with Gasteiger partial charge in [-0.15, -0.1) is 11.6 Å². The summed E-state index contributed by atoms with van der Waals surface area (Å²) in [6.07, 6.45) is 0. The van der Waals surface area contributed by atoms with E-state index in [9.17, 15) is 8.42 Å². The van der Waals surface area contributed by atoms with Crippen molar-refractivity contribution >= 4 is 43.1 Å². The molecule has 0 radical (unpaired) electrons. The summed E-state index contributed by atoms with van der Waals surface area (Å²) in [7, 11) is -2.84. The second kappa shape index (κ2) is 5.16. The largest absolute Gasteiger partial charge is 0.369 e. The summed E-state index contributed by atoms with van der Waals surface area (Å²) < 4.78 is 23.7. The Kier molecular flexibility index (Phi) is 4.00. The first kappa shape index (κ1) is 13.2. The van der Waals surface area contributed by atoms with Crippen LogP contribution in [0.1, 0.15) is 5.56 Å². The Hall–Kier alpha value is -0.260. The number of nitrogens with zero attached hydrogens (tertiary/aromatic N) is 1. The van der Waals surface area contributed by atoms with Crippen LogP contribution < -0.4 is 4.90 Å². The Morgan fingerprint density at radius 2 is 1.94 bits per heavy atom. The minimum atomic E-state index is -2.84. The number of anilines is 1. The number of rotatable bonds is 2. The van der Waals surface area contributed by atoms with Crippen LogP contribution in [0, 0.1) is 0 Å². The topological polar surface area (TPSA) is 37.4 Å². The lowest BCUT2D eigenvalue weighted by molar-refractivity contribution is 0.586. The molecule has 0 atom stereocenters. The number of sulfone groups is 1. The van der Waals surface area contributed by atoms with E-state index in [1.165, 1.54) is 0 Å². The van der Waals surface area contributed by atoms with Gasteiger partial charge in [-0.2, -0.15) is 0 Å². The zero-order chi connectivity index (χ0) is 12.5. The average Bonchev–Trinajstić information content (AvgIpc) is 2.29. The molecule has 0 aromatic heterocycles. The van der Waals surface area contributed by atoms with Gasteiger partial charge in [0.25, 0.3) is 0 Å². The van der Waals surface area contributed by atoms with Crippen molar-refractivity contribution in [2.75, 3.05) is 29.5 Å². The van der Waals surface area contributed by atoms with Crippen LogP contribution in [0.4, 0.5) is 5.69 Å². The smallest absolute Gasteiger partial charge is 0.153 e. The molecule has 1 heterocycles. The minimum absolute atomic E-state index is 0.227. The Morgan fingerprint density at radius 3 is 2.53 bits per heavy atom. The first-order valence-corrected chi connectivity index (χ1v) is 8.46. The van der Waals surface area contributed by atoms with Crippen molar-refractivity contribution in [2.45, 2.75) is 5.88 Å². The second-order valence-corrected chi connectivity index (χ2v) is 7.53. The molecule has 0 spiro atoms. The molecule has 94 valence electrons. The summed E-state index contributed by atoms with van der Waals surface area (Å²) in [4.78, 5) is 2.09. The molecule has 0 unspecified atom stereocenters. The van der Waals surface area contributed by atoms with Crippen LogP contribution in [-0.2, 0) is 15.7 Å². The molecule has 1 aliphatic heterocycles. The quantitative estimate of drug-likeness (QED) is 0.777. The number of benzene rings is 1. The van der Waals surface area contributed by atoms with Gasteiger partial charge in [-0.3, -0.25) is 0 Å². The Morgan fingerprint density at radius 1 is 1.29 bits per heavy atom. The fourth-order valence-electron chi connectivity index (χ4n) is 1.92. The van der Waals surface area contributed by atoms with Crippen LogP contribution in [0.2, 0.25) is 0 Å². The van der Waals surface area contributed by atoms with Gasteiger partial charge in [0, 0.05) is 29.1 Å². The van der Waals surface area contributed by atoms with E-state index >= 15 is 0 Å². The van der Waals surface area contributed by atoms with Crippen LogP contribution in [-0.4, -0.2) is 33.0 Å². The normalized spacial score (nSPS) is 19.3. The summed E-state index contributed by atoms with van der Waals surface area (Å²) in [6.45, 7) is 1.10. The van der Waals surface area contributed by atoms with E-state index in [0.29, 0.717) is 19.0 Å². The lowest BCUT2D eigenvalue weighted by Gasteiger charge is -2.30. The predicted octanol–water partition coefficient (Wildman–Crippen LogP) is 2.42. The highest BCUT2D eigenvalue weighted by Crippen LogP contribution is 2.27. The van der Waals surface area contributed by atoms with Gasteiger partial charge in [-0.1, -0.05) is 15.9 Å². The van der Waals surface area contributed by atoms with E-state index in [2.05, 4.69) is 20.8 Å². The monoisotopic (exact) mass is 337 g/mol. The third kappa shape index (κ3) is 3.14. The lowest BCUT2D eigenvalue weighted by atomic mass is 10.2. The van der Waals surface area contributed by atoms with Crippen molar-refractivity contribution in [3.05, 3.63) is 28.2 Å². The summed E-state index contributed by atoms with van der Waals surface area (Å²) >= 11 is 9.32. The van der Waals surface area contributed by atoms with Crippen LogP contribution in [0.5, 0.6) is 0 Å². The first-order chi connectivity index (χ1) is 8.02. The number of hydrogen-bond donors (Lipinski definition) is 0. The van der Waals surface area contributed by atoms with E-state index in [4.69, 9.17) is 11.6 Å². The molecular weight excluding hydrogens is 326 g/mol. The highest BCUT2D eigenvalue weighted by Gasteiger charge is 2.22. The molecule has 3 nitrogen and oxygen atoms in total. The molecule has 1 aliphatic rings. The van der Waals surface area contributed by atoms with E-state index < -0.39 is 9.84 Å². The molecule has 6 heteroatoms. The predicted molar refractivity (Wildman–Crippen MR) is 74.6 cm³/mol. The third-order valence-corrected chi connectivity index (χ3v) is 5.26. The van der Waals surface area contributed by atoms with Crippen molar-refractivity contribution in [2.24, 2.45) is 0 Å². The van der Waals surface area contributed by atoms with Crippen molar-refractivity contribution < 1.29 is 8.42 Å². The van der Waals surface area contributed by atoms with Crippen molar-refractivity contribution in [1.29, 1.82) is 0 Å². The standard InChI is InChI=1S/C11H13BrClNO2S/c12-10-1-2-11(9(7-10)8-13)14-3-5-17(15,16)6-4-14/h1-2,7H,3-6,8H2. The maximum absolute atomic E-state index is 11.4. The summed E-state index contributed by atoms with van der Waals surface area (Å²) in [5, 5.41) is 0. The van der Waals surface area contributed by atoms with E-state index in [1.54, 1.807) is 0 Å². The number of hydrogen-bond acceptors (Lipinski definition) is 3. The first-order valence-electron chi connectivity index (χ1n) is 5.31. The van der Waals surface area contributed by atoms with E-state index in [-0.39, 0.29) is 11.5 Å². The van der Waals surface area contributed by atoms with Gasteiger partial charge in [0.05, 0.1) is 11.5 Å². The maximum Gasteiger partial charge on any atom is 0.153 e. The Bertz CT molecular complexity index is 504. The van der Waals surface area contributed by atoms with Crippen LogP contribution in [0.25, 0.3) is 0 Å². The van der Waals surface area contributed by atoms with Crippen molar-refractivity contribution in [3.63, 3.8) is 0 Å². The molecule has 1 aromatic carbocycles. The van der Waals surface area contributed by atoms with Crippen LogP contribution in [0.15, 0.2) is 22.7 Å². The van der Waals surface area contributed by atoms with Gasteiger partial charge in [0.15, 0.2) is 9.84 Å². The second-order valence-electron chi connectivity index (χ2n) is 4.05. The summed E-state index contributed by atoms with van der Waals surface area (Å²) in [6, 6.07) is 5.92. The number of alkyl halides is 1. The molecule has 0 bridgehead atoms. The molecular formula is C11H13BrClNO2S. The highest BCUT2D eigenvalue weighted by molar-refractivity contribution is 9.10. The molecule has 0 aliphatic carbocycles. The SMILES string of the molecule is O=S1(=O)CCN(c2ccc(Br)cc2CCl)CC1. The van der Waals surface area contributed by atoms with E-state index in [0.717, 1.165) is 15.7 Å². The molecule has 0 N–H and O–H groups in total. The molecule has 0 saturated carbocycles. The molecule has 1 fully saturated rings. The molecule has 1 aromatic rings. The molecule has 17 heavy (non-hydrogen) atoms. The Balaban J connectivity index is 2.24. The average molecular weight is 339 g/mol. The van der Waals surface area contributed by atoms with Gasteiger partial charge < -0.3 is 4.90 Å². The zero-order valence-electron chi connectivity index (χ0n) is 9.20. The lowest BCUT2D eigenvalue weighted by Crippen LogP contribution is -2.40. The summed E-state index contributed by atoms with van der Waals surface area (Å²) in [5.41, 5.74) is 2.07. The van der Waals surface area contributed by atoms with Gasteiger partial charge in [0.2, 0.25) is 0 Å². The van der Waals surface area contributed by atoms with Crippen molar-refractivity contribution in [1.82, 2.24) is 0 Å². The Labute approximate surface area is 115 Å². The molecule has 0 amide bonds. The minimum Gasteiger partial charge on any atom is -0.369 e. The van der Waals surface area contributed by atoms with Crippen molar-refractivity contribution in [3.8, 4) is 0 Å². The number of halogens is 2. The van der Waals surface area contributed by atoms with Gasteiger partial charge in [-0.05, 0) is 23.8 Å². The fourth-order valence-corrected chi connectivity index (χ4v) is 3.75. The molecule has 2 rings (SSSR count). The van der Waals surface area contributed by atoms with Gasteiger partial charge >= 0.3 is 0 Å². The third-order valence-electron chi connectivity index (χ3n) is 2.87. The van der Waals surface area contributed by atoms with Crippen LogP contribution >= 0.6 is 27.5 Å². The van der Waals surface area contributed by atoms with Gasteiger partial charge in [0.1, 0.15) is 0 Å². The highest BCUT2D eigenvalue weighted by atomic mass is 79.9. The van der Waals surface area contributed by atoms with E-state index in [1.807, 2.05) is 18.2 Å². The van der Waals surface area contributed by atoms with Crippen LogP contribution in [0.3, 0.4) is 0 Å². The zero-order valence-corrected chi connectivity index (χ0v) is 12.4. The maximum atomic E-state index is 11.4. The summed E-state index contributed by atoms with van der Waals surface area (Å²) in [5.74, 6) is 0.883. The molecule has 1 saturated heterocycles. The van der Waals surface area contributed by atoms with Gasteiger partial charge in [-0.25, -0.2) is 8.42 Å².